The van der Waals surface area contributed by atoms with Gasteiger partial charge in [-0.1, -0.05) is 6.92 Å². The Labute approximate surface area is 213 Å². The number of nitrogens with one attached hydrogen (secondary N) is 1. The molecule has 0 bridgehead atoms. The summed E-state index contributed by atoms with van der Waals surface area (Å²) in [5.41, 5.74) is 1.01. The van der Waals surface area contributed by atoms with E-state index in [4.69, 9.17) is 14.2 Å². The molecule has 3 atom stereocenters. The maximum absolute atomic E-state index is 13.6. The molecule has 9 nitrogen and oxygen atoms in total. The monoisotopic (exact) mass is 501 g/mol. The van der Waals surface area contributed by atoms with Crippen molar-refractivity contribution in [3.8, 4) is 5.75 Å². The molecule has 9 heteroatoms. The molecule has 1 aromatic rings. The van der Waals surface area contributed by atoms with Crippen LogP contribution >= 0.6 is 0 Å². The van der Waals surface area contributed by atoms with Crippen molar-refractivity contribution in [1.29, 1.82) is 0 Å². The number of rotatable bonds is 4. The summed E-state index contributed by atoms with van der Waals surface area (Å²) in [6.45, 7) is 6.34. The highest BCUT2D eigenvalue weighted by Crippen LogP contribution is 2.32. The minimum absolute atomic E-state index is 0.00919. The molecule has 1 aromatic carbocycles. The van der Waals surface area contributed by atoms with Crippen LogP contribution in [0.4, 0.5) is 5.69 Å². The summed E-state index contributed by atoms with van der Waals surface area (Å²) in [4.78, 5) is 42.8. The summed E-state index contributed by atoms with van der Waals surface area (Å²) in [6.07, 6.45) is 3.01. The van der Waals surface area contributed by atoms with Gasteiger partial charge in [-0.05, 0) is 44.7 Å². The lowest BCUT2D eigenvalue weighted by Gasteiger charge is -2.38. The molecule has 36 heavy (non-hydrogen) atoms. The van der Waals surface area contributed by atoms with Crippen molar-refractivity contribution in [1.82, 2.24) is 9.80 Å². The smallest absolute Gasteiger partial charge is 0.257 e. The zero-order valence-corrected chi connectivity index (χ0v) is 21.8. The van der Waals surface area contributed by atoms with E-state index in [-0.39, 0.29) is 54.2 Å². The Morgan fingerprint density at radius 3 is 2.44 bits per heavy atom. The Bertz CT molecular complexity index is 959. The predicted molar refractivity (Wildman–Crippen MR) is 135 cm³/mol. The van der Waals surface area contributed by atoms with E-state index in [1.807, 2.05) is 11.8 Å². The summed E-state index contributed by atoms with van der Waals surface area (Å²) in [7, 11) is 3.39. The molecule has 1 saturated carbocycles. The lowest BCUT2D eigenvalue weighted by Crippen LogP contribution is -2.50. The molecule has 0 radical (unpaired) electrons. The van der Waals surface area contributed by atoms with Crippen molar-refractivity contribution in [3.63, 3.8) is 0 Å². The number of benzene rings is 1. The quantitative estimate of drug-likeness (QED) is 0.682. The second kappa shape index (κ2) is 11.6. The highest BCUT2D eigenvalue weighted by Gasteiger charge is 2.34. The number of fused-ring (bicyclic) bond motifs is 1. The number of anilines is 1. The van der Waals surface area contributed by atoms with E-state index in [1.54, 1.807) is 37.3 Å². The summed E-state index contributed by atoms with van der Waals surface area (Å²) in [5, 5.41) is 2.93. The Morgan fingerprint density at radius 2 is 1.78 bits per heavy atom. The van der Waals surface area contributed by atoms with Gasteiger partial charge in [-0.2, -0.15) is 0 Å². The van der Waals surface area contributed by atoms with Crippen molar-refractivity contribution in [3.05, 3.63) is 23.8 Å². The number of ether oxygens (including phenoxy) is 3. The first-order valence-electron chi connectivity index (χ1n) is 13.0. The van der Waals surface area contributed by atoms with E-state index in [0.717, 1.165) is 25.7 Å². The van der Waals surface area contributed by atoms with Gasteiger partial charge in [-0.3, -0.25) is 14.4 Å². The fourth-order valence-electron chi connectivity index (χ4n) is 4.93. The summed E-state index contributed by atoms with van der Waals surface area (Å²) in [6, 6.07) is 4.93. The van der Waals surface area contributed by atoms with Gasteiger partial charge in [0.25, 0.3) is 5.91 Å². The van der Waals surface area contributed by atoms with Crippen molar-refractivity contribution < 1.29 is 28.6 Å². The number of hydrogen-bond donors (Lipinski definition) is 1. The van der Waals surface area contributed by atoms with E-state index in [2.05, 4.69) is 12.2 Å². The van der Waals surface area contributed by atoms with Gasteiger partial charge in [-0.25, -0.2) is 0 Å². The number of hydrogen-bond acceptors (Lipinski definition) is 6. The van der Waals surface area contributed by atoms with E-state index in [9.17, 15) is 14.4 Å². The minimum Gasteiger partial charge on any atom is -0.491 e. The summed E-state index contributed by atoms with van der Waals surface area (Å²) >= 11 is 0. The normalized spacial score (nSPS) is 26.3. The molecule has 2 heterocycles. The molecule has 0 unspecified atom stereocenters. The van der Waals surface area contributed by atoms with Crippen LogP contribution in [0.25, 0.3) is 0 Å². The SMILES string of the molecule is CO[C@@H]1CN(C)C(=O)c2ccc(NC(=O)C3CC3)cc2OC[C@H](C)N(C(=O)C2CCOCC2)C[C@@H]1C. The van der Waals surface area contributed by atoms with Crippen LogP contribution in [0.15, 0.2) is 18.2 Å². The van der Waals surface area contributed by atoms with Crippen LogP contribution in [0.2, 0.25) is 0 Å². The lowest BCUT2D eigenvalue weighted by atomic mass is 9.95. The van der Waals surface area contributed by atoms with E-state index >= 15 is 0 Å². The molecule has 3 aliphatic rings. The van der Waals surface area contributed by atoms with Gasteiger partial charge in [0.2, 0.25) is 11.8 Å². The maximum atomic E-state index is 13.6. The van der Waals surface area contributed by atoms with Gasteiger partial charge in [0.05, 0.1) is 17.7 Å². The van der Waals surface area contributed by atoms with E-state index < -0.39 is 0 Å². The Hall–Kier alpha value is -2.65. The Kier molecular flexibility index (Phi) is 8.51. The van der Waals surface area contributed by atoms with Crippen LogP contribution in [0.3, 0.4) is 0 Å². The molecule has 2 fully saturated rings. The molecular formula is C27H39N3O6. The average molecular weight is 502 g/mol. The third-order valence-electron chi connectivity index (χ3n) is 7.52. The zero-order valence-electron chi connectivity index (χ0n) is 21.8. The topological polar surface area (TPSA) is 97.4 Å². The maximum Gasteiger partial charge on any atom is 0.257 e. The van der Waals surface area contributed by atoms with Crippen molar-refractivity contribution in [2.75, 3.05) is 52.4 Å². The molecular weight excluding hydrogens is 462 g/mol. The third kappa shape index (κ3) is 6.18. The van der Waals surface area contributed by atoms with Crippen molar-refractivity contribution >= 4 is 23.4 Å². The molecule has 3 amide bonds. The molecule has 1 N–H and O–H groups in total. The largest absolute Gasteiger partial charge is 0.491 e. The number of amides is 3. The van der Waals surface area contributed by atoms with Crippen LogP contribution in [0.1, 0.15) is 49.9 Å². The second-order valence-electron chi connectivity index (χ2n) is 10.4. The second-order valence-corrected chi connectivity index (χ2v) is 10.4. The van der Waals surface area contributed by atoms with E-state index in [1.165, 1.54) is 0 Å². The van der Waals surface area contributed by atoms with Gasteiger partial charge in [0, 0.05) is 70.0 Å². The number of methoxy groups -OCH3 is 1. The standard InChI is InChI=1S/C27H39N3O6/c1-17-14-30(26(32)20-9-11-35-12-10-20)18(2)16-36-23-13-21(28-25(31)19-5-6-19)7-8-22(23)27(33)29(3)15-24(17)34-4/h7-8,13,17-20,24H,5-6,9-12,14-16H2,1-4H3,(H,28,31)/t17-,18-,24+/m0/s1. The van der Waals surface area contributed by atoms with Gasteiger partial charge < -0.3 is 29.3 Å². The number of likely N-dealkylation sites (N-methyl/N-ethyl adjacent to an activating group) is 1. The van der Waals surface area contributed by atoms with Gasteiger partial charge in [0.15, 0.2) is 0 Å². The Morgan fingerprint density at radius 1 is 1.06 bits per heavy atom. The van der Waals surface area contributed by atoms with Crippen LogP contribution in [-0.4, -0.2) is 86.7 Å². The van der Waals surface area contributed by atoms with Crippen LogP contribution in [-0.2, 0) is 19.1 Å². The molecule has 198 valence electrons. The first-order valence-corrected chi connectivity index (χ1v) is 13.0. The third-order valence-corrected chi connectivity index (χ3v) is 7.52. The van der Waals surface area contributed by atoms with Gasteiger partial charge >= 0.3 is 0 Å². The summed E-state index contributed by atoms with van der Waals surface area (Å²) < 4.78 is 17.4. The number of carbonyl (C=O) groups is 3. The van der Waals surface area contributed by atoms with Crippen molar-refractivity contribution in [2.45, 2.75) is 51.7 Å². The minimum atomic E-state index is -0.239. The first kappa shape index (κ1) is 26.4. The average Bonchev–Trinajstić information content (AvgIpc) is 3.74. The number of carbonyl (C=O) groups excluding carboxylic acids is 3. The highest BCUT2D eigenvalue weighted by atomic mass is 16.5. The van der Waals surface area contributed by atoms with Gasteiger partial charge in [0.1, 0.15) is 12.4 Å². The molecule has 2 aliphatic heterocycles. The van der Waals surface area contributed by atoms with Crippen LogP contribution in [0.5, 0.6) is 5.75 Å². The fraction of sp³-hybridized carbons (Fsp3) is 0.667. The lowest BCUT2D eigenvalue weighted by molar-refractivity contribution is -0.143. The molecule has 1 aliphatic carbocycles. The van der Waals surface area contributed by atoms with Crippen molar-refractivity contribution in [2.24, 2.45) is 17.8 Å². The molecule has 0 spiro atoms. The Balaban J connectivity index is 1.62. The molecule has 0 aromatic heterocycles. The summed E-state index contributed by atoms with van der Waals surface area (Å²) in [5.74, 6) is 0.334. The molecule has 4 rings (SSSR count). The highest BCUT2D eigenvalue weighted by molar-refractivity contribution is 5.99. The van der Waals surface area contributed by atoms with Gasteiger partial charge in [-0.15, -0.1) is 0 Å². The van der Waals surface area contributed by atoms with Crippen LogP contribution < -0.4 is 10.1 Å². The number of nitrogens with zero attached hydrogens (tertiary/aromatic N) is 2. The predicted octanol–water partition coefficient (Wildman–Crippen LogP) is 2.79. The first-order chi connectivity index (χ1) is 17.3. The fourth-order valence-corrected chi connectivity index (χ4v) is 4.93. The molecule has 1 saturated heterocycles. The van der Waals surface area contributed by atoms with E-state index in [0.29, 0.717) is 43.3 Å². The zero-order chi connectivity index (χ0) is 25.8. The van der Waals surface area contributed by atoms with Crippen LogP contribution in [0, 0.1) is 17.8 Å².